The van der Waals surface area contributed by atoms with E-state index in [1.54, 1.807) is 0 Å². The number of ketones is 1. The summed E-state index contributed by atoms with van der Waals surface area (Å²) in [7, 11) is 0. The molecule has 5 heteroatoms. The molecule has 0 bridgehead atoms. The molecule has 1 aliphatic rings. The van der Waals surface area contributed by atoms with Crippen molar-refractivity contribution in [2.45, 2.75) is 38.7 Å². The zero-order chi connectivity index (χ0) is 12.5. The quantitative estimate of drug-likeness (QED) is 0.628. The van der Waals surface area contributed by atoms with E-state index in [9.17, 15) is 9.59 Å². The van der Waals surface area contributed by atoms with Crippen LogP contribution < -0.4 is 10.6 Å². The van der Waals surface area contributed by atoms with E-state index in [0.717, 1.165) is 32.5 Å². The Morgan fingerprint density at radius 3 is 2.94 bits per heavy atom. The van der Waals surface area contributed by atoms with E-state index < -0.39 is 0 Å². The summed E-state index contributed by atoms with van der Waals surface area (Å²) < 4.78 is 5.50. The van der Waals surface area contributed by atoms with Gasteiger partial charge < -0.3 is 15.4 Å². The van der Waals surface area contributed by atoms with Gasteiger partial charge in [-0.25, -0.2) is 0 Å². The smallest absolute Gasteiger partial charge is 0.227 e. The Bertz CT molecular complexity index is 250. The molecule has 0 aromatic heterocycles. The van der Waals surface area contributed by atoms with Crippen molar-refractivity contribution in [2.75, 3.05) is 26.2 Å². The third kappa shape index (κ3) is 6.38. The minimum Gasteiger partial charge on any atom is -0.376 e. The molecule has 1 aliphatic heterocycles. The van der Waals surface area contributed by atoms with Crippen molar-refractivity contribution in [3.05, 3.63) is 0 Å². The number of morpholine rings is 1. The van der Waals surface area contributed by atoms with Crippen molar-refractivity contribution in [3.63, 3.8) is 0 Å². The molecule has 0 aromatic rings. The Morgan fingerprint density at radius 1 is 1.47 bits per heavy atom. The summed E-state index contributed by atoms with van der Waals surface area (Å²) in [5, 5.41) is 5.98. The summed E-state index contributed by atoms with van der Waals surface area (Å²) in [5.41, 5.74) is 0. The van der Waals surface area contributed by atoms with Gasteiger partial charge in [0.1, 0.15) is 5.78 Å². The molecule has 1 amide bonds. The average Bonchev–Trinajstić information content (AvgIpc) is 2.30. The van der Waals surface area contributed by atoms with Crippen LogP contribution >= 0.6 is 0 Å². The van der Waals surface area contributed by atoms with Crippen molar-refractivity contribution < 1.29 is 14.3 Å². The SMILES string of the molecule is CCCC(=O)CC(=O)NCCC1CNCCO1. The summed E-state index contributed by atoms with van der Waals surface area (Å²) >= 11 is 0. The number of carbonyl (C=O) groups excluding carboxylic acids is 2. The van der Waals surface area contributed by atoms with Crippen molar-refractivity contribution in [1.29, 1.82) is 0 Å². The number of amides is 1. The van der Waals surface area contributed by atoms with E-state index in [-0.39, 0.29) is 24.2 Å². The van der Waals surface area contributed by atoms with Crippen molar-refractivity contribution in [3.8, 4) is 0 Å². The predicted molar refractivity (Wildman–Crippen MR) is 64.8 cm³/mol. The van der Waals surface area contributed by atoms with E-state index >= 15 is 0 Å². The van der Waals surface area contributed by atoms with E-state index in [1.165, 1.54) is 0 Å². The molecular weight excluding hydrogens is 220 g/mol. The fourth-order valence-corrected chi connectivity index (χ4v) is 1.79. The zero-order valence-electron chi connectivity index (χ0n) is 10.5. The highest BCUT2D eigenvalue weighted by Gasteiger charge is 2.13. The fourth-order valence-electron chi connectivity index (χ4n) is 1.79. The Morgan fingerprint density at radius 2 is 2.29 bits per heavy atom. The lowest BCUT2D eigenvalue weighted by molar-refractivity contribution is -0.128. The summed E-state index contributed by atoms with van der Waals surface area (Å²) in [4.78, 5) is 22.6. The van der Waals surface area contributed by atoms with Gasteiger partial charge in [0, 0.05) is 26.1 Å². The minimum absolute atomic E-state index is 0.0115. The zero-order valence-corrected chi connectivity index (χ0v) is 10.5. The maximum absolute atomic E-state index is 11.4. The molecule has 2 N–H and O–H groups in total. The molecule has 1 rings (SSSR count). The molecule has 1 fully saturated rings. The number of rotatable bonds is 7. The van der Waals surface area contributed by atoms with E-state index in [0.29, 0.717) is 13.0 Å². The maximum atomic E-state index is 11.4. The Balaban J connectivity index is 2.05. The van der Waals surface area contributed by atoms with Gasteiger partial charge in [-0.15, -0.1) is 0 Å². The topological polar surface area (TPSA) is 67.4 Å². The van der Waals surface area contributed by atoms with Crippen LogP contribution in [0.4, 0.5) is 0 Å². The van der Waals surface area contributed by atoms with Crippen LogP contribution in [0.3, 0.4) is 0 Å². The molecule has 17 heavy (non-hydrogen) atoms. The predicted octanol–water partition coefficient (Wildman–Crippen LogP) is 0.240. The Hall–Kier alpha value is -0.940. The highest BCUT2D eigenvalue weighted by molar-refractivity contribution is 5.97. The van der Waals surface area contributed by atoms with E-state index in [2.05, 4.69) is 10.6 Å². The first-order valence-electron chi connectivity index (χ1n) is 6.33. The van der Waals surface area contributed by atoms with Crippen LogP contribution in [0.1, 0.15) is 32.6 Å². The molecule has 1 atom stereocenters. The van der Waals surface area contributed by atoms with Crippen LogP contribution in [0.5, 0.6) is 0 Å². The van der Waals surface area contributed by atoms with Crippen LogP contribution in [-0.2, 0) is 14.3 Å². The Kier molecular flexibility index (Phi) is 6.81. The van der Waals surface area contributed by atoms with Crippen molar-refractivity contribution in [2.24, 2.45) is 0 Å². The number of nitrogens with one attached hydrogen (secondary N) is 2. The van der Waals surface area contributed by atoms with Gasteiger partial charge in [0.25, 0.3) is 0 Å². The summed E-state index contributed by atoms with van der Waals surface area (Å²) in [6.45, 7) is 4.97. The fraction of sp³-hybridized carbons (Fsp3) is 0.833. The van der Waals surface area contributed by atoms with E-state index in [1.807, 2.05) is 6.92 Å². The van der Waals surface area contributed by atoms with Gasteiger partial charge in [-0.05, 0) is 12.8 Å². The molecular formula is C12H22N2O3. The third-order valence-corrected chi connectivity index (χ3v) is 2.68. The first-order valence-corrected chi connectivity index (χ1v) is 6.33. The minimum atomic E-state index is -0.174. The number of hydrogen-bond donors (Lipinski definition) is 2. The van der Waals surface area contributed by atoms with Gasteiger partial charge in [0.2, 0.25) is 5.91 Å². The molecule has 1 heterocycles. The lowest BCUT2D eigenvalue weighted by Crippen LogP contribution is -2.40. The second-order valence-corrected chi connectivity index (χ2v) is 4.30. The number of Topliss-reactive ketones (excluding diaryl/α,β-unsaturated/α-hetero) is 1. The highest BCUT2D eigenvalue weighted by atomic mass is 16.5. The average molecular weight is 242 g/mol. The van der Waals surface area contributed by atoms with Gasteiger partial charge in [-0.1, -0.05) is 6.92 Å². The lowest BCUT2D eigenvalue weighted by Gasteiger charge is -2.23. The van der Waals surface area contributed by atoms with Gasteiger partial charge in [-0.3, -0.25) is 9.59 Å². The van der Waals surface area contributed by atoms with Crippen LogP contribution in [0.2, 0.25) is 0 Å². The van der Waals surface area contributed by atoms with Crippen LogP contribution in [0.15, 0.2) is 0 Å². The molecule has 98 valence electrons. The van der Waals surface area contributed by atoms with Crippen LogP contribution in [0.25, 0.3) is 0 Å². The molecule has 5 nitrogen and oxygen atoms in total. The second-order valence-electron chi connectivity index (χ2n) is 4.30. The molecule has 0 spiro atoms. The molecule has 0 radical (unpaired) electrons. The second kappa shape index (κ2) is 8.20. The first kappa shape index (κ1) is 14.1. The number of carbonyl (C=O) groups is 2. The highest BCUT2D eigenvalue weighted by Crippen LogP contribution is 2.00. The number of ether oxygens (including phenoxy) is 1. The largest absolute Gasteiger partial charge is 0.376 e. The maximum Gasteiger partial charge on any atom is 0.227 e. The molecule has 0 aliphatic carbocycles. The number of hydrogen-bond acceptors (Lipinski definition) is 4. The van der Waals surface area contributed by atoms with Gasteiger partial charge in [-0.2, -0.15) is 0 Å². The molecule has 0 aromatic carbocycles. The standard InChI is InChI=1S/C12H22N2O3/c1-2-3-10(15)8-12(16)14-5-4-11-9-13-6-7-17-11/h11,13H,2-9H2,1H3,(H,14,16). The molecule has 0 saturated carbocycles. The van der Waals surface area contributed by atoms with Crippen LogP contribution in [0, 0.1) is 0 Å². The van der Waals surface area contributed by atoms with Crippen molar-refractivity contribution >= 4 is 11.7 Å². The van der Waals surface area contributed by atoms with Gasteiger partial charge >= 0.3 is 0 Å². The summed E-state index contributed by atoms with van der Waals surface area (Å²) in [6, 6.07) is 0. The summed E-state index contributed by atoms with van der Waals surface area (Å²) in [6.07, 6.45) is 2.27. The van der Waals surface area contributed by atoms with Gasteiger partial charge in [0.05, 0.1) is 19.1 Å². The van der Waals surface area contributed by atoms with E-state index in [4.69, 9.17) is 4.74 Å². The Labute approximate surface area is 102 Å². The van der Waals surface area contributed by atoms with Crippen LogP contribution in [-0.4, -0.2) is 44.0 Å². The third-order valence-electron chi connectivity index (χ3n) is 2.68. The lowest BCUT2D eigenvalue weighted by atomic mass is 10.1. The molecule has 1 unspecified atom stereocenters. The van der Waals surface area contributed by atoms with Crippen molar-refractivity contribution in [1.82, 2.24) is 10.6 Å². The first-order chi connectivity index (χ1) is 8.22. The van der Waals surface area contributed by atoms with Gasteiger partial charge in [0.15, 0.2) is 0 Å². The monoisotopic (exact) mass is 242 g/mol. The summed E-state index contributed by atoms with van der Waals surface area (Å²) in [5.74, 6) is -0.159. The normalized spacial score (nSPS) is 19.9. The molecule has 1 saturated heterocycles.